The highest BCUT2D eigenvalue weighted by Gasteiger charge is 2.59. The average Bonchev–Trinajstić information content (AvgIpc) is 3.80. The first-order chi connectivity index (χ1) is 23.6. The maximum atomic E-state index is 14.1. The highest BCUT2D eigenvalue weighted by Crippen LogP contribution is 2.62. The van der Waals surface area contributed by atoms with Gasteiger partial charge in [-0.15, -0.1) is 0 Å². The topological polar surface area (TPSA) is 172 Å². The van der Waals surface area contributed by atoms with Crippen molar-refractivity contribution in [2.45, 2.75) is 128 Å². The Hall–Kier alpha value is -2.27. The minimum Gasteiger partial charge on any atom is -0.443 e. The molecule has 0 spiro atoms. The molecule has 3 fully saturated rings. The summed E-state index contributed by atoms with van der Waals surface area (Å²) in [5.74, 6) is -0.725. The normalized spacial score (nSPS) is 25.1. The molecule has 2 aromatic heterocycles. The molecule has 1 aliphatic carbocycles. The van der Waals surface area contributed by atoms with Gasteiger partial charge >= 0.3 is 13.7 Å². The van der Waals surface area contributed by atoms with Crippen molar-refractivity contribution < 1.29 is 51.6 Å². The molecular formula is C32H49ClN5O11P. The van der Waals surface area contributed by atoms with Gasteiger partial charge in [0.2, 0.25) is 5.28 Å². The molecule has 1 amide bonds. The fraction of sp³-hybridized carbons (Fsp3) is 0.781. The van der Waals surface area contributed by atoms with Crippen LogP contribution < -0.4 is 4.90 Å². The van der Waals surface area contributed by atoms with Gasteiger partial charge in [-0.1, -0.05) is 12.8 Å². The van der Waals surface area contributed by atoms with E-state index in [1.165, 1.54) is 11.8 Å². The third-order valence-electron chi connectivity index (χ3n) is 8.67. The Morgan fingerprint density at radius 3 is 2.40 bits per heavy atom. The van der Waals surface area contributed by atoms with Gasteiger partial charge in [-0.2, -0.15) is 15.1 Å². The molecule has 4 heterocycles. The number of aromatic nitrogens is 4. The van der Waals surface area contributed by atoms with Crippen LogP contribution in [0.25, 0.3) is 11.0 Å². The van der Waals surface area contributed by atoms with Crippen LogP contribution in [0, 0.1) is 0 Å². The van der Waals surface area contributed by atoms with E-state index in [2.05, 4.69) is 15.1 Å². The van der Waals surface area contributed by atoms with E-state index in [0.717, 1.165) is 25.7 Å². The molecule has 18 heteroatoms. The minimum absolute atomic E-state index is 0.0493. The monoisotopic (exact) mass is 745 g/mol. The van der Waals surface area contributed by atoms with Crippen LogP contribution in [-0.2, 0) is 46.8 Å². The molecule has 2 aliphatic heterocycles. The van der Waals surface area contributed by atoms with Gasteiger partial charge in [0.15, 0.2) is 28.8 Å². The van der Waals surface area contributed by atoms with E-state index in [1.54, 1.807) is 38.8 Å². The maximum Gasteiger partial charge on any atom is 0.416 e. The van der Waals surface area contributed by atoms with Gasteiger partial charge in [0.05, 0.1) is 38.0 Å². The van der Waals surface area contributed by atoms with Gasteiger partial charge in [0, 0.05) is 19.6 Å². The first-order valence-electron chi connectivity index (χ1n) is 17.0. The standard InChI is InChI=1S/C32H49ClN5O11P/c1-9-44-50(41,45-10-2)32(15-16-39,19-42-8)43-18-22-23-24(48-31(6,7)47-23)27(46-22)38-26-21(17-34-38)25(35-28(33)36-26)37(20-13-11-12-14-20)29(40)49-30(3,4)5/h16-17,20,22-24,27H,9-15,18-19H2,1-8H3/t22-,23-,24-,27-,32?/m1/s1. The van der Waals surface area contributed by atoms with Crippen LogP contribution in [0.3, 0.4) is 0 Å². The predicted octanol–water partition coefficient (Wildman–Crippen LogP) is 5.80. The van der Waals surface area contributed by atoms with Crippen molar-refractivity contribution >= 4 is 48.4 Å². The number of fused-ring (bicyclic) bond motifs is 2. The minimum atomic E-state index is -4.05. The highest BCUT2D eigenvalue weighted by molar-refractivity contribution is 7.55. The molecule has 0 N–H and O–H groups in total. The molecule has 16 nitrogen and oxygen atoms in total. The number of aldehydes is 1. The summed E-state index contributed by atoms with van der Waals surface area (Å²) in [6, 6.07) is -0.147. The molecule has 5 atom stereocenters. The van der Waals surface area contributed by atoms with Crippen molar-refractivity contribution in [3.63, 3.8) is 0 Å². The molecule has 0 radical (unpaired) electrons. The van der Waals surface area contributed by atoms with Gasteiger partial charge in [-0.3, -0.25) is 9.46 Å². The third kappa shape index (κ3) is 7.88. The van der Waals surface area contributed by atoms with Gasteiger partial charge in [-0.05, 0) is 72.9 Å². The molecule has 5 rings (SSSR count). The summed E-state index contributed by atoms with van der Waals surface area (Å²) in [4.78, 5) is 36.2. The van der Waals surface area contributed by atoms with E-state index in [0.29, 0.717) is 17.3 Å². The van der Waals surface area contributed by atoms with Crippen LogP contribution in [0.1, 0.15) is 86.8 Å². The maximum absolute atomic E-state index is 14.1. The Labute approximate surface area is 297 Å². The van der Waals surface area contributed by atoms with E-state index in [-0.39, 0.29) is 50.0 Å². The molecule has 0 aromatic carbocycles. The van der Waals surface area contributed by atoms with Crippen LogP contribution >= 0.6 is 19.2 Å². The zero-order chi connectivity index (χ0) is 36.5. The predicted molar refractivity (Wildman–Crippen MR) is 181 cm³/mol. The van der Waals surface area contributed by atoms with E-state index in [9.17, 15) is 14.2 Å². The summed E-state index contributed by atoms with van der Waals surface area (Å²) in [6.45, 7) is 12.0. The fourth-order valence-electron chi connectivity index (χ4n) is 6.76. The summed E-state index contributed by atoms with van der Waals surface area (Å²) in [5.41, 5.74) is -0.437. The number of rotatable bonds is 15. The Kier molecular flexibility index (Phi) is 12.0. The van der Waals surface area contributed by atoms with E-state index in [1.807, 2.05) is 20.8 Å². The van der Waals surface area contributed by atoms with Crippen LogP contribution in [-0.4, -0.2) is 107 Å². The lowest BCUT2D eigenvalue weighted by atomic mass is 10.1. The lowest BCUT2D eigenvalue weighted by Gasteiger charge is -2.37. The van der Waals surface area contributed by atoms with Crippen molar-refractivity contribution in [3.8, 4) is 0 Å². The second-order valence-electron chi connectivity index (χ2n) is 14.0. The molecule has 2 aromatic rings. The van der Waals surface area contributed by atoms with Gasteiger partial charge in [0.1, 0.15) is 30.2 Å². The Bertz CT molecular complexity index is 1550. The van der Waals surface area contributed by atoms with Crippen LogP contribution in [0.2, 0.25) is 5.28 Å². The Balaban J connectivity index is 1.51. The molecule has 3 aliphatic rings. The summed E-state index contributed by atoms with van der Waals surface area (Å²) < 4.78 is 63.6. The van der Waals surface area contributed by atoms with Crippen molar-refractivity contribution in [2.24, 2.45) is 0 Å². The molecular weight excluding hydrogens is 697 g/mol. The summed E-state index contributed by atoms with van der Waals surface area (Å²) in [6.07, 6.45) is 1.67. The first-order valence-corrected chi connectivity index (χ1v) is 18.9. The number of anilines is 1. The number of halogens is 1. The Morgan fingerprint density at radius 1 is 1.14 bits per heavy atom. The zero-order valence-electron chi connectivity index (χ0n) is 30.0. The smallest absolute Gasteiger partial charge is 0.416 e. The van der Waals surface area contributed by atoms with Crippen molar-refractivity contribution in [3.05, 3.63) is 11.5 Å². The number of carbonyl (C=O) groups excluding carboxylic acids is 2. The summed E-state index contributed by atoms with van der Waals surface area (Å²) >= 11 is 6.54. The summed E-state index contributed by atoms with van der Waals surface area (Å²) in [7, 11) is -2.65. The zero-order valence-corrected chi connectivity index (χ0v) is 31.6. The number of methoxy groups -OCH3 is 1. The third-order valence-corrected chi connectivity index (χ3v) is 11.5. The number of amides is 1. The lowest BCUT2D eigenvalue weighted by Crippen LogP contribution is -2.43. The number of carbonyl (C=O) groups is 2. The van der Waals surface area contributed by atoms with Crippen LogP contribution in [0.15, 0.2) is 6.20 Å². The molecule has 1 saturated carbocycles. The molecule has 2 saturated heterocycles. The van der Waals surface area contributed by atoms with Gasteiger partial charge in [-0.25, -0.2) is 9.48 Å². The Morgan fingerprint density at radius 2 is 1.80 bits per heavy atom. The number of hydrogen-bond acceptors (Lipinski definition) is 14. The molecule has 0 bridgehead atoms. The average molecular weight is 746 g/mol. The number of nitrogens with zero attached hydrogens (tertiary/aromatic N) is 5. The second-order valence-corrected chi connectivity index (χ2v) is 16.6. The van der Waals surface area contributed by atoms with E-state index >= 15 is 0 Å². The number of ether oxygens (including phenoxy) is 6. The van der Waals surface area contributed by atoms with Gasteiger partial charge < -0.3 is 42.3 Å². The molecule has 50 heavy (non-hydrogen) atoms. The lowest BCUT2D eigenvalue weighted by molar-refractivity contribution is -0.207. The van der Waals surface area contributed by atoms with Crippen LogP contribution in [0.5, 0.6) is 0 Å². The second kappa shape index (κ2) is 15.4. The molecule has 1 unspecified atom stereocenters. The SMILES string of the molecule is CCOP(=O)(OCC)C(CC=O)(COC)OC[C@H]1O[C@@H](n2ncc3c(N(C(=O)OC(C)(C)C)C4CCCC4)nc(Cl)nc32)[C@@H]2OC(C)(C)O[C@@H]21. The highest BCUT2D eigenvalue weighted by atomic mass is 35.5. The van der Waals surface area contributed by atoms with Gasteiger partial charge in [0.25, 0.3) is 0 Å². The van der Waals surface area contributed by atoms with E-state index < -0.39 is 55.0 Å². The first kappa shape index (κ1) is 38.9. The van der Waals surface area contributed by atoms with Crippen LogP contribution in [0.4, 0.5) is 10.6 Å². The largest absolute Gasteiger partial charge is 0.443 e. The van der Waals surface area contributed by atoms with Crippen molar-refractivity contribution in [1.29, 1.82) is 0 Å². The fourth-order valence-corrected chi connectivity index (χ4v) is 8.96. The molecule has 280 valence electrons. The van der Waals surface area contributed by atoms with Crippen molar-refractivity contribution in [2.75, 3.05) is 38.4 Å². The number of hydrogen-bond donors (Lipinski definition) is 0. The quantitative estimate of drug-likeness (QED) is 0.122. The summed E-state index contributed by atoms with van der Waals surface area (Å²) in [5, 5.41) is 3.25. The van der Waals surface area contributed by atoms with E-state index in [4.69, 9.17) is 49.1 Å². The van der Waals surface area contributed by atoms with Crippen molar-refractivity contribution in [1.82, 2.24) is 19.7 Å².